The quantitative estimate of drug-likeness (QED) is 0.813. The van der Waals surface area contributed by atoms with Crippen molar-refractivity contribution >= 4 is 5.91 Å². The van der Waals surface area contributed by atoms with Gasteiger partial charge in [0.15, 0.2) is 6.10 Å². The Balaban J connectivity index is 2.80. The van der Waals surface area contributed by atoms with Crippen LogP contribution in [0.4, 0.5) is 4.39 Å². The minimum atomic E-state index is -0.796. The van der Waals surface area contributed by atoms with Gasteiger partial charge in [-0.15, -0.1) is 0 Å². The second-order valence-electron chi connectivity index (χ2n) is 5.14. The summed E-state index contributed by atoms with van der Waals surface area (Å²) in [4.78, 5) is 12.0. The molecule has 0 aliphatic carbocycles. The number of carbonyl (C=O) groups excluding carboxylic acids is 1. The molecule has 1 amide bonds. The van der Waals surface area contributed by atoms with E-state index in [2.05, 4.69) is 5.32 Å². The highest BCUT2D eigenvalue weighted by Crippen LogP contribution is 2.27. The van der Waals surface area contributed by atoms with Crippen molar-refractivity contribution in [2.45, 2.75) is 58.8 Å². The Kier molecular flexibility index (Phi) is 6.62. The SMILES string of the molecule is CCC(CC)NC(=O)C(C)Oc1cc(F)ccc1[C@@H](C)O. The average molecular weight is 297 g/mol. The van der Waals surface area contributed by atoms with E-state index in [1.807, 2.05) is 13.8 Å². The molecule has 0 saturated heterocycles. The molecular weight excluding hydrogens is 273 g/mol. The fourth-order valence-electron chi connectivity index (χ4n) is 2.01. The summed E-state index contributed by atoms with van der Waals surface area (Å²) in [5.74, 6) is -0.524. The maximum atomic E-state index is 13.3. The zero-order valence-corrected chi connectivity index (χ0v) is 13.0. The summed E-state index contributed by atoms with van der Waals surface area (Å²) in [5, 5.41) is 12.5. The van der Waals surface area contributed by atoms with Crippen molar-refractivity contribution < 1.29 is 19.0 Å². The van der Waals surface area contributed by atoms with Crippen molar-refractivity contribution in [3.05, 3.63) is 29.6 Å². The first-order valence-corrected chi connectivity index (χ1v) is 7.33. The summed E-state index contributed by atoms with van der Waals surface area (Å²) in [7, 11) is 0. The lowest BCUT2D eigenvalue weighted by molar-refractivity contribution is -0.128. The summed E-state index contributed by atoms with van der Waals surface area (Å²) >= 11 is 0. The summed E-state index contributed by atoms with van der Waals surface area (Å²) in [6, 6.07) is 4.00. The number of nitrogens with one attached hydrogen (secondary N) is 1. The highest BCUT2D eigenvalue weighted by atomic mass is 19.1. The van der Waals surface area contributed by atoms with E-state index in [1.54, 1.807) is 13.8 Å². The lowest BCUT2D eigenvalue weighted by Gasteiger charge is -2.21. The molecule has 1 aromatic rings. The van der Waals surface area contributed by atoms with E-state index in [-0.39, 0.29) is 17.7 Å². The van der Waals surface area contributed by atoms with Gasteiger partial charge in [-0.2, -0.15) is 0 Å². The average Bonchev–Trinajstić information content (AvgIpc) is 2.44. The van der Waals surface area contributed by atoms with Crippen molar-refractivity contribution in [2.75, 3.05) is 0 Å². The number of amides is 1. The Morgan fingerprint density at radius 1 is 1.33 bits per heavy atom. The number of carbonyl (C=O) groups is 1. The lowest BCUT2D eigenvalue weighted by Crippen LogP contribution is -2.42. The molecule has 1 rings (SSSR count). The van der Waals surface area contributed by atoms with Crippen LogP contribution in [0.25, 0.3) is 0 Å². The van der Waals surface area contributed by atoms with E-state index in [1.165, 1.54) is 18.2 Å². The molecule has 2 N–H and O–H groups in total. The molecule has 0 radical (unpaired) electrons. The van der Waals surface area contributed by atoms with Crippen LogP contribution >= 0.6 is 0 Å². The Labute approximate surface area is 125 Å². The normalized spacial score (nSPS) is 13.9. The molecular formula is C16H24FNO3. The van der Waals surface area contributed by atoms with Crippen molar-refractivity contribution in [1.29, 1.82) is 0 Å². The van der Waals surface area contributed by atoms with Gasteiger partial charge in [-0.1, -0.05) is 13.8 Å². The molecule has 1 unspecified atom stereocenters. The Morgan fingerprint density at radius 3 is 2.48 bits per heavy atom. The van der Waals surface area contributed by atoms with E-state index in [9.17, 15) is 14.3 Å². The van der Waals surface area contributed by atoms with Crippen LogP contribution in [0.5, 0.6) is 5.75 Å². The van der Waals surface area contributed by atoms with Gasteiger partial charge in [-0.05, 0) is 38.8 Å². The minimum absolute atomic E-state index is 0.104. The third kappa shape index (κ3) is 5.01. The van der Waals surface area contributed by atoms with E-state index < -0.39 is 18.0 Å². The summed E-state index contributed by atoms with van der Waals surface area (Å²) < 4.78 is 18.8. The number of ether oxygens (including phenoxy) is 1. The standard InChI is InChI=1S/C16H24FNO3/c1-5-13(6-2)18-16(20)11(4)21-15-9-12(17)7-8-14(15)10(3)19/h7-11,13,19H,5-6H2,1-4H3,(H,18,20)/t10-,11?/m1/s1. The van der Waals surface area contributed by atoms with E-state index in [0.29, 0.717) is 5.56 Å². The topological polar surface area (TPSA) is 58.6 Å². The predicted octanol–water partition coefficient (Wildman–Crippen LogP) is 2.95. The third-order valence-corrected chi connectivity index (χ3v) is 3.43. The van der Waals surface area contributed by atoms with Crippen LogP contribution in [0.3, 0.4) is 0 Å². The molecule has 0 heterocycles. The van der Waals surface area contributed by atoms with Crippen LogP contribution in [-0.4, -0.2) is 23.2 Å². The molecule has 0 aliphatic rings. The molecule has 0 fully saturated rings. The molecule has 118 valence electrons. The second-order valence-corrected chi connectivity index (χ2v) is 5.14. The van der Waals surface area contributed by atoms with Gasteiger partial charge in [0.1, 0.15) is 11.6 Å². The first-order valence-electron chi connectivity index (χ1n) is 7.33. The smallest absolute Gasteiger partial charge is 0.260 e. The van der Waals surface area contributed by atoms with Gasteiger partial charge < -0.3 is 15.2 Å². The van der Waals surface area contributed by atoms with Crippen molar-refractivity contribution in [3.8, 4) is 5.75 Å². The predicted molar refractivity (Wildman–Crippen MR) is 79.6 cm³/mol. The molecule has 0 aromatic heterocycles. The second kappa shape index (κ2) is 7.98. The number of hydrogen-bond donors (Lipinski definition) is 2. The first-order chi connectivity index (χ1) is 9.88. The number of hydrogen-bond acceptors (Lipinski definition) is 3. The van der Waals surface area contributed by atoms with Gasteiger partial charge >= 0.3 is 0 Å². The third-order valence-electron chi connectivity index (χ3n) is 3.43. The Bertz CT molecular complexity index is 473. The van der Waals surface area contributed by atoms with E-state index in [0.717, 1.165) is 12.8 Å². The van der Waals surface area contributed by atoms with Crippen LogP contribution in [-0.2, 0) is 4.79 Å². The number of aliphatic hydroxyl groups excluding tert-OH is 1. The zero-order chi connectivity index (χ0) is 16.0. The maximum Gasteiger partial charge on any atom is 0.260 e. The van der Waals surface area contributed by atoms with Crippen molar-refractivity contribution in [3.63, 3.8) is 0 Å². The summed E-state index contributed by atoms with van der Waals surface area (Å²) in [6.07, 6.45) is 0.126. The van der Waals surface area contributed by atoms with Gasteiger partial charge in [-0.25, -0.2) is 4.39 Å². The number of halogens is 1. The van der Waals surface area contributed by atoms with E-state index in [4.69, 9.17) is 4.74 Å². The molecule has 4 nitrogen and oxygen atoms in total. The molecule has 0 bridgehead atoms. The van der Waals surface area contributed by atoms with Crippen LogP contribution in [0, 0.1) is 5.82 Å². The largest absolute Gasteiger partial charge is 0.480 e. The van der Waals surface area contributed by atoms with Gasteiger partial charge in [-0.3, -0.25) is 4.79 Å². The maximum absolute atomic E-state index is 13.3. The number of benzene rings is 1. The van der Waals surface area contributed by atoms with Gasteiger partial charge in [0, 0.05) is 17.7 Å². The van der Waals surface area contributed by atoms with Gasteiger partial charge in [0.25, 0.3) is 5.91 Å². The van der Waals surface area contributed by atoms with Crippen LogP contribution < -0.4 is 10.1 Å². The van der Waals surface area contributed by atoms with Crippen LogP contribution in [0.1, 0.15) is 52.2 Å². The van der Waals surface area contributed by atoms with E-state index >= 15 is 0 Å². The molecule has 2 atom stereocenters. The van der Waals surface area contributed by atoms with Crippen molar-refractivity contribution in [2.24, 2.45) is 0 Å². The monoisotopic (exact) mass is 297 g/mol. The Morgan fingerprint density at radius 2 is 1.95 bits per heavy atom. The molecule has 21 heavy (non-hydrogen) atoms. The molecule has 0 saturated carbocycles. The molecule has 0 aliphatic heterocycles. The molecule has 5 heteroatoms. The minimum Gasteiger partial charge on any atom is -0.480 e. The summed E-state index contributed by atoms with van der Waals surface area (Å²) in [5.41, 5.74) is 0.457. The fraction of sp³-hybridized carbons (Fsp3) is 0.562. The highest BCUT2D eigenvalue weighted by molar-refractivity contribution is 5.81. The first kappa shape index (κ1) is 17.4. The highest BCUT2D eigenvalue weighted by Gasteiger charge is 2.20. The Hall–Kier alpha value is -1.62. The molecule has 0 spiro atoms. The van der Waals surface area contributed by atoms with Gasteiger partial charge in [0.05, 0.1) is 6.10 Å². The van der Waals surface area contributed by atoms with Crippen LogP contribution in [0.2, 0.25) is 0 Å². The summed E-state index contributed by atoms with van der Waals surface area (Å²) in [6.45, 7) is 7.17. The van der Waals surface area contributed by atoms with Gasteiger partial charge in [0.2, 0.25) is 0 Å². The zero-order valence-electron chi connectivity index (χ0n) is 13.0. The molecule has 1 aromatic carbocycles. The number of rotatable bonds is 7. The van der Waals surface area contributed by atoms with Crippen LogP contribution in [0.15, 0.2) is 18.2 Å². The number of aliphatic hydroxyl groups is 1. The lowest BCUT2D eigenvalue weighted by atomic mass is 10.1. The fourth-order valence-corrected chi connectivity index (χ4v) is 2.01. The van der Waals surface area contributed by atoms with Crippen molar-refractivity contribution in [1.82, 2.24) is 5.32 Å².